The number of ether oxygens (including phenoxy) is 1. The molecule has 1 unspecified atom stereocenters. The van der Waals surface area contributed by atoms with Crippen LogP contribution in [-0.4, -0.2) is 94.1 Å². The molecule has 0 saturated carbocycles. The number of nitrogens with one attached hydrogen (secondary N) is 1. The molecule has 0 aromatic carbocycles. The number of carbonyl (C=O) groups is 1. The van der Waals surface area contributed by atoms with Crippen molar-refractivity contribution in [2.24, 2.45) is 7.05 Å². The van der Waals surface area contributed by atoms with Gasteiger partial charge in [0.15, 0.2) is 5.58 Å². The first-order valence-corrected chi connectivity index (χ1v) is 13.5. The minimum absolute atomic E-state index is 0.284. The molecule has 0 bridgehead atoms. The van der Waals surface area contributed by atoms with Crippen molar-refractivity contribution >= 4 is 34.8 Å². The summed E-state index contributed by atoms with van der Waals surface area (Å²) in [5.74, 6) is 0.810. The summed E-state index contributed by atoms with van der Waals surface area (Å²) in [6.45, 7) is 6.40. The lowest BCUT2D eigenvalue weighted by Gasteiger charge is -2.38. The Bertz CT molecular complexity index is 1510. The van der Waals surface area contributed by atoms with Crippen LogP contribution in [0.5, 0.6) is 0 Å². The first kappa shape index (κ1) is 24.0. The normalized spacial score (nSPS) is 20.0. The van der Waals surface area contributed by atoms with Gasteiger partial charge in [-0.2, -0.15) is 10.1 Å². The molecule has 3 aliphatic rings. The number of rotatable bonds is 5. The van der Waals surface area contributed by atoms with Crippen molar-refractivity contribution in [3.8, 4) is 11.3 Å². The van der Waals surface area contributed by atoms with Crippen LogP contribution in [0.25, 0.3) is 22.5 Å². The molecule has 4 aromatic heterocycles. The maximum atomic E-state index is 13.8. The number of oxazole rings is 1. The minimum Gasteiger partial charge on any atom is -0.422 e. The van der Waals surface area contributed by atoms with Crippen molar-refractivity contribution in [2.75, 3.05) is 67.6 Å². The molecule has 12 heteroatoms. The average Bonchev–Trinajstić information content (AvgIpc) is 3.72. The summed E-state index contributed by atoms with van der Waals surface area (Å²) in [6.07, 6.45) is 6.02. The highest BCUT2D eigenvalue weighted by atomic mass is 16.5. The Labute approximate surface area is 225 Å². The Kier molecular flexibility index (Phi) is 6.12. The lowest BCUT2D eigenvalue weighted by atomic mass is 10.1. The van der Waals surface area contributed by atoms with Gasteiger partial charge < -0.3 is 24.3 Å². The third-order valence-electron chi connectivity index (χ3n) is 7.76. The molecule has 3 fully saturated rings. The van der Waals surface area contributed by atoms with Gasteiger partial charge in [0.05, 0.1) is 30.7 Å². The highest BCUT2D eigenvalue weighted by Gasteiger charge is 2.33. The Balaban J connectivity index is 1.23. The van der Waals surface area contributed by atoms with E-state index >= 15 is 0 Å². The van der Waals surface area contributed by atoms with E-state index < -0.39 is 0 Å². The van der Waals surface area contributed by atoms with Crippen LogP contribution in [0.4, 0.5) is 17.7 Å². The van der Waals surface area contributed by atoms with Crippen molar-refractivity contribution in [3.05, 3.63) is 42.2 Å². The molecular weight excluding hydrogens is 498 g/mol. The van der Waals surface area contributed by atoms with E-state index in [4.69, 9.17) is 19.1 Å². The average molecular weight is 530 g/mol. The van der Waals surface area contributed by atoms with E-state index in [1.807, 2.05) is 25.4 Å². The van der Waals surface area contributed by atoms with Gasteiger partial charge >= 0.3 is 0 Å². The first-order valence-electron chi connectivity index (χ1n) is 13.5. The molecule has 1 amide bonds. The quantitative estimate of drug-likeness (QED) is 0.413. The second-order valence-corrected chi connectivity index (χ2v) is 10.3. The molecular formula is C27H31N9O3. The second-order valence-electron chi connectivity index (χ2n) is 10.3. The summed E-state index contributed by atoms with van der Waals surface area (Å²) < 4.78 is 13.3. The van der Waals surface area contributed by atoms with Crippen LogP contribution in [0.2, 0.25) is 0 Å². The molecule has 202 valence electrons. The summed E-state index contributed by atoms with van der Waals surface area (Å²) >= 11 is 0. The topological polar surface area (TPSA) is 118 Å². The Morgan fingerprint density at radius 2 is 1.95 bits per heavy atom. The van der Waals surface area contributed by atoms with Crippen molar-refractivity contribution in [1.29, 1.82) is 0 Å². The highest BCUT2D eigenvalue weighted by Crippen LogP contribution is 2.31. The van der Waals surface area contributed by atoms with Crippen molar-refractivity contribution in [1.82, 2.24) is 29.6 Å². The Hall–Kier alpha value is -4.03. The van der Waals surface area contributed by atoms with Crippen LogP contribution >= 0.6 is 0 Å². The van der Waals surface area contributed by atoms with E-state index in [1.165, 1.54) is 6.42 Å². The molecule has 4 aromatic rings. The fourth-order valence-electron chi connectivity index (χ4n) is 5.73. The smallest absolute Gasteiger partial charge is 0.300 e. The molecule has 39 heavy (non-hydrogen) atoms. The van der Waals surface area contributed by atoms with Gasteiger partial charge in [-0.15, -0.1) is 0 Å². The van der Waals surface area contributed by atoms with Crippen LogP contribution in [0.15, 0.2) is 41.1 Å². The van der Waals surface area contributed by atoms with E-state index in [0.29, 0.717) is 66.8 Å². The number of carbonyl (C=O) groups excluding carboxylic acids is 1. The Morgan fingerprint density at radius 1 is 1.05 bits per heavy atom. The number of pyridine rings is 2. The van der Waals surface area contributed by atoms with Crippen LogP contribution < -0.4 is 15.1 Å². The summed E-state index contributed by atoms with van der Waals surface area (Å²) in [6, 6.07) is 8.32. The summed E-state index contributed by atoms with van der Waals surface area (Å²) in [4.78, 5) is 34.8. The molecule has 0 radical (unpaired) electrons. The van der Waals surface area contributed by atoms with Crippen molar-refractivity contribution in [3.63, 3.8) is 0 Å². The predicted octanol–water partition coefficient (Wildman–Crippen LogP) is 2.39. The van der Waals surface area contributed by atoms with E-state index in [-0.39, 0.29) is 5.91 Å². The predicted molar refractivity (Wildman–Crippen MR) is 146 cm³/mol. The third-order valence-corrected chi connectivity index (χ3v) is 7.76. The largest absolute Gasteiger partial charge is 0.422 e. The molecule has 1 N–H and O–H groups in total. The van der Waals surface area contributed by atoms with Gasteiger partial charge in [-0.05, 0) is 31.5 Å². The number of amides is 1. The van der Waals surface area contributed by atoms with Gasteiger partial charge in [0.25, 0.3) is 11.9 Å². The molecule has 0 aliphatic carbocycles. The molecule has 0 spiro atoms. The zero-order valence-corrected chi connectivity index (χ0v) is 21.9. The maximum absolute atomic E-state index is 13.8. The van der Waals surface area contributed by atoms with Crippen LogP contribution in [0.1, 0.15) is 23.2 Å². The maximum Gasteiger partial charge on any atom is 0.300 e. The molecule has 3 aliphatic heterocycles. The number of nitrogens with zero attached hydrogens (tertiary/aromatic N) is 8. The monoisotopic (exact) mass is 529 g/mol. The summed E-state index contributed by atoms with van der Waals surface area (Å²) in [5.41, 5.74) is 3.06. The van der Waals surface area contributed by atoms with Gasteiger partial charge in [0, 0.05) is 63.6 Å². The Morgan fingerprint density at radius 3 is 2.79 bits per heavy atom. The minimum atomic E-state index is -0.284. The summed E-state index contributed by atoms with van der Waals surface area (Å²) in [5, 5.41) is 7.22. The van der Waals surface area contributed by atoms with Crippen LogP contribution in [0, 0.1) is 0 Å². The number of anilines is 3. The molecule has 7 rings (SSSR count). The van der Waals surface area contributed by atoms with Gasteiger partial charge in [-0.3, -0.25) is 14.4 Å². The van der Waals surface area contributed by atoms with E-state index in [2.05, 4.69) is 30.1 Å². The molecule has 7 heterocycles. The van der Waals surface area contributed by atoms with Gasteiger partial charge in [0.1, 0.15) is 11.6 Å². The number of hydrogen-bond donors (Lipinski definition) is 1. The lowest BCUT2D eigenvalue weighted by Crippen LogP contribution is -2.50. The third kappa shape index (κ3) is 4.70. The van der Waals surface area contributed by atoms with Gasteiger partial charge in [-0.25, -0.2) is 9.97 Å². The van der Waals surface area contributed by atoms with Crippen molar-refractivity contribution in [2.45, 2.75) is 18.9 Å². The van der Waals surface area contributed by atoms with Crippen molar-refractivity contribution < 1.29 is 13.9 Å². The number of aryl methyl sites for hydroxylation is 1. The number of morpholine rings is 1. The standard InChI is InChI=1S/C27H31N9O3/c1-33-16-18(15-28-33)21-5-2-6-23(29-21)30-26(37)20-14-22-24(32-27(39-22)35-10-12-38-13-11-35)31-25(20)36-9-8-34-7-3-4-19(34)17-36/h2,5-6,14-16,19H,3-4,7-13,17H2,1H3,(H,29,30,37). The van der Waals surface area contributed by atoms with Gasteiger partial charge in [-0.1, -0.05) is 6.07 Å². The summed E-state index contributed by atoms with van der Waals surface area (Å²) in [7, 11) is 1.86. The SMILES string of the molecule is Cn1cc(-c2cccc(NC(=O)c3cc4oc(N5CCOCC5)nc4nc3N3CCN4CCCC4C3)n2)cn1. The lowest BCUT2D eigenvalue weighted by molar-refractivity contribution is 0.102. The van der Waals surface area contributed by atoms with E-state index in [0.717, 1.165) is 43.9 Å². The highest BCUT2D eigenvalue weighted by molar-refractivity contribution is 6.08. The number of aromatic nitrogens is 5. The van der Waals surface area contributed by atoms with Crippen LogP contribution in [-0.2, 0) is 11.8 Å². The van der Waals surface area contributed by atoms with Crippen LogP contribution in [0.3, 0.4) is 0 Å². The number of fused-ring (bicyclic) bond motifs is 2. The van der Waals surface area contributed by atoms with Gasteiger partial charge in [0.2, 0.25) is 5.65 Å². The second kappa shape index (κ2) is 9.93. The van der Waals surface area contributed by atoms with E-state index in [1.54, 1.807) is 23.0 Å². The zero-order chi connectivity index (χ0) is 26.3. The molecule has 1 atom stereocenters. The first-order chi connectivity index (χ1) is 19.1. The molecule has 3 saturated heterocycles. The zero-order valence-electron chi connectivity index (χ0n) is 21.9. The molecule has 12 nitrogen and oxygen atoms in total. The number of hydrogen-bond acceptors (Lipinski definition) is 10. The fourth-order valence-corrected chi connectivity index (χ4v) is 5.73. The fraction of sp³-hybridized carbons (Fsp3) is 0.444. The number of piperazine rings is 1. The van der Waals surface area contributed by atoms with E-state index in [9.17, 15) is 4.79 Å².